The number of esters is 1. The van der Waals surface area contributed by atoms with E-state index in [-0.39, 0.29) is 24.3 Å². The van der Waals surface area contributed by atoms with Gasteiger partial charge in [0.25, 0.3) is 0 Å². The SMILES string of the molecule is COC(=O)C(C)CN(C)CC(=O)NCc1ccccc1. The number of ether oxygens (including phenoxy) is 1. The van der Waals surface area contributed by atoms with Crippen LogP contribution in [-0.4, -0.2) is 44.0 Å². The van der Waals surface area contributed by atoms with Gasteiger partial charge in [-0.05, 0) is 12.6 Å². The molecule has 20 heavy (non-hydrogen) atoms. The van der Waals surface area contributed by atoms with E-state index in [1.54, 1.807) is 6.92 Å². The maximum absolute atomic E-state index is 11.8. The number of rotatable bonds is 7. The van der Waals surface area contributed by atoms with Gasteiger partial charge in [-0.15, -0.1) is 0 Å². The summed E-state index contributed by atoms with van der Waals surface area (Å²) in [5.74, 6) is -0.568. The molecule has 0 bridgehead atoms. The molecule has 1 rings (SSSR count). The van der Waals surface area contributed by atoms with E-state index in [0.717, 1.165) is 5.56 Å². The van der Waals surface area contributed by atoms with E-state index >= 15 is 0 Å². The highest BCUT2D eigenvalue weighted by Crippen LogP contribution is 2.01. The molecule has 5 heteroatoms. The van der Waals surface area contributed by atoms with Crippen molar-refractivity contribution in [2.75, 3.05) is 27.2 Å². The molecule has 0 aromatic heterocycles. The lowest BCUT2D eigenvalue weighted by Gasteiger charge is -2.19. The van der Waals surface area contributed by atoms with Crippen molar-refractivity contribution in [3.8, 4) is 0 Å². The molecule has 0 radical (unpaired) electrons. The number of hydrogen-bond donors (Lipinski definition) is 1. The molecule has 0 saturated carbocycles. The Labute approximate surface area is 119 Å². The lowest BCUT2D eigenvalue weighted by molar-refractivity contribution is -0.145. The highest BCUT2D eigenvalue weighted by Gasteiger charge is 2.16. The van der Waals surface area contributed by atoms with Gasteiger partial charge in [0.2, 0.25) is 5.91 Å². The maximum Gasteiger partial charge on any atom is 0.309 e. The second-order valence-corrected chi connectivity index (χ2v) is 4.88. The lowest BCUT2D eigenvalue weighted by Crippen LogP contribution is -2.38. The number of likely N-dealkylation sites (N-methyl/N-ethyl adjacent to an activating group) is 1. The Hall–Kier alpha value is -1.88. The van der Waals surface area contributed by atoms with Gasteiger partial charge in [-0.1, -0.05) is 37.3 Å². The summed E-state index contributed by atoms with van der Waals surface area (Å²) in [6.45, 7) is 3.05. The standard InChI is InChI=1S/C15H22N2O3/c1-12(15(19)20-3)10-17(2)11-14(18)16-9-13-7-5-4-6-8-13/h4-8,12H,9-11H2,1-3H3,(H,16,18). The zero-order chi connectivity index (χ0) is 15.0. The van der Waals surface area contributed by atoms with Crippen LogP contribution in [-0.2, 0) is 20.9 Å². The molecule has 0 heterocycles. The molecule has 0 fully saturated rings. The summed E-state index contributed by atoms with van der Waals surface area (Å²) >= 11 is 0. The van der Waals surface area contributed by atoms with Gasteiger partial charge in [-0.2, -0.15) is 0 Å². The minimum absolute atomic E-state index is 0.0616. The maximum atomic E-state index is 11.8. The van der Waals surface area contributed by atoms with Crippen molar-refractivity contribution in [3.63, 3.8) is 0 Å². The first-order valence-corrected chi connectivity index (χ1v) is 6.60. The predicted octanol–water partition coefficient (Wildman–Crippen LogP) is 1.04. The van der Waals surface area contributed by atoms with Crippen molar-refractivity contribution in [1.29, 1.82) is 0 Å². The van der Waals surface area contributed by atoms with Crippen LogP contribution >= 0.6 is 0 Å². The molecule has 1 N–H and O–H groups in total. The fraction of sp³-hybridized carbons (Fsp3) is 0.467. The summed E-state index contributed by atoms with van der Waals surface area (Å²) in [4.78, 5) is 24.9. The number of carbonyl (C=O) groups is 2. The molecule has 110 valence electrons. The van der Waals surface area contributed by atoms with Crippen LogP contribution in [0, 0.1) is 5.92 Å². The number of amides is 1. The minimum Gasteiger partial charge on any atom is -0.469 e. The monoisotopic (exact) mass is 278 g/mol. The van der Waals surface area contributed by atoms with Gasteiger partial charge in [0, 0.05) is 13.1 Å². The van der Waals surface area contributed by atoms with Crippen molar-refractivity contribution in [2.45, 2.75) is 13.5 Å². The average molecular weight is 278 g/mol. The summed E-state index contributed by atoms with van der Waals surface area (Å²) in [7, 11) is 3.17. The fourth-order valence-corrected chi connectivity index (χ4v) is 1.91. The molecule has 1 aromatic carbocycles. The van der Waals surface area contributed by atoms with Gasteiger partial charge in [0.15, 0.2) is 0 Å². The largest absolute Gasteiger partial charge is 0.469 e. The molecule has 1 unspecified atom stereocenters. The number of benzene rings is 1. The van der Waals surface area contributed by atoms with Crippen molar-refractivity contribution in [2.24, 2.45) is 5.92 Å². The van der Waals surface area contributed by atoms with Gasteiger partial charge >= 0.3 is 5.97 Å². The Balaban J connectivity index is 2.29. The molecule has 0 spiro atoms. The molecule has 1 amide bonds. The van der Waals surface area contributed by atoms with Crippen LogP contribution in [0.5, 0.6) is 0 Å². The quantitative estimate of drug-likeness (QED) is 0.757. The molecule has 0 saturated heterocycles. The smallest absolute Gasteiger partial charge is 0.309 e. The third-order valence-corrected chi connectivity index (χ3v) is 2.94. The third-order valence-electron chi connectivity index (χ3n) is 2.94. The highest BCUT2D eigenvalue weighted by atomic mass is 16.5. The normalized spacial score (nSPS) is 12.0. The predicted molar refractivity (Wildman–Crippen MR) is 77.0 cm³/mol. The second kappa shape index (κ2) is 8.32. The zero-order valence-electron chi connectivity index (χ0n) is 12.3. The summed E-state index contributed by atoms with van der Waals surface area (Å²) < 4.78 is 4.66. The van der Waals surface area contributed by atoms with E-state index in [1.807, 2.05) is 42.3 Å². The Morgan fingerprint density at radius 1 is 1.30 bits per heavy atom. The van der Waals surface area contributed by atoms with Gasteiger partial charge in [-0.25, -0.2) is 0 Å². The lowest BCUT2D eigenvalue weighted by atomic mass is 10.2. The molecule has 0 aliphatic carbocycles. The first-order chi connectivity index (χ1) is 9.52. The van der Waals surface area contributed by atoms with Gasteiger partial charge < -0.3 is 10.1 Å². The third kappa shape index (κ3) is 5.84. The first-order valence-electron chi connectivity index (χ1n) is 6.60. The topological polar surface area (TPSA) is 58.6 Å². The second-order valence-electron chi connectivity index (χ2n) is 4.88. The molecule has 5 nitrogen and oxygen atoms in total. The van der Waals surface area contributed by atoms with Crippen LogP contribution in [0.25, 0.3) is 0 Å². The van der Waals surface area contributed by atoms with Crippen LogP contribution in [0.1, 0.15) is 12.5 Å². The summed E-state index contributed by atoms with van der Waals surface area (Å²) in [5, 5.41) is 2.85. The number of hydrogen-bond acceptors (Lipinski definition) is 4. The fourth-order valence-electron chi connectivity index (χ4n) is 1.91. The first kappa shape index (κ1) is 16.2. The Morgan fingerprint density at radius 3 is 2.55 bits per heavy atom. The van der Waals surface area contributed by atoms with E-state index in [4.69, 9.17) is 0 Å². The van der Waals surface area contributed by atoms with Crippen molar-refractivity contribution < 1.29 is 14.3 Å². The van der Waals surface area contributed by atoms with Crippen LogP contribution in [0.2, 0.25) is 0 Å². The van der Waals surface area contributed by atoms with Crippen LogP contribution < -0.4 is 5.32 Å². The van der Waals surface area contributed by atoms with E-state index in [0.29, 0.717) is 13.1 Å². The molecular formula is C15H22N2O3. The number of nitrogens with zero attached hydrogens (tertiary/aromatic N) is 1. The van der Waals surface area contributed by atoms with Crippen LogP contribution in [0.15, 0.2) is 30.3 Å². The molecule has 0 aliphatic heterocycles. The van der Waals surface area contributed by atoms with Crippen molar-refractivity contribution in [1.82, 2.24) is 10.2 Å². The molecular weight excluding hydrogens is 256 g/mol. The Morgan fingerprint density at radius 2 is 1.95 bits per heavy atom. The van der Waals surface area contributed by atoms with Crippen LogP contribution in [0.3, 0.4) is 0 Å². The van der Waals surface area contributed by atoms with E-state index in [2.05, 4.69) is 10.1 Å². The molecule has 1 aromatic rings. The van der Waals surface area contributed by atoms with E-state index in [1.165, 1.54) is 7.11 Å². The van der Waals surface area contributed by atoms with Crippen molar-refractivity contribution in [3.05, 3.63) is 35.9 Å². The summed E-state index contributed by atoms with van der Waals surface area (Å²) in [6, 6.07) is 9.73. The van der Waals surface area contributed by atoms with E-state index in [9.17, 15) is 9.59 Å². The highest BCUT2D eigenvalue weighted by molar-refractivity contribution is 5.78. The molecule has 0 aliphatic rings. The van der Waals surface area contributed by atoms with Gasteiger partial charge in [-0.3, -0.25) is 14.5 Å². The van der Waals surface area contributed by atoms with Gasteiger partial charge in [0.1, 0.15) is 0 Å². The zero-order valence-corrected chi connectivity index (χ0v) is 12.3. The van der Waals surface area contributed by atoms with Gasteiger partial charge in [0.05, 0.1) is 19.6 Å². The number of methoxy groups -OCH3 is 1. The minimum atomic E-state index is -0.262. The van der Waals surface area contributed by atoms with Crippen LogP contribution in [0.4, 0.5) is 0 Å². The summed E-state index contributed by atoms with van der Waals surface area (Å²) in [5.41, 5.74) is 1.06. The molecule has 1 atom stereocenters. The Bertz CT molecular complexity index is 434. The number of nitrogens with one attached hydrogen (secondary N) is 1. The van der Waals surface area contributed by atoms with E-state index < -0.39 is 0 Å². The number of carbonyl (C=O) groups excluding carboxylic acids is 2. The Kier molecular flexibility index (Phi) is 6.73. The average Bonchev–Trinajstić information content (AvgIpc) is 2.45. The summed E-state index contributed by atoms with van der Waals surface area (Å²) in [6.07, 6.45) is 0. The van der Waals surface area contributed by atoms with Crippen molar-refractivity contribution >= 4 is 11.9 Å².